The van der Waals surface area contributed by atoms with Crippen LogP contribution in [0.4, 0.5) is 11.4 Å². The smallest absolute Gasteiger partial charge is 0.294 e. The van der Waals surface area contributed by atoms with Crippen molar-refractivity contribution in [3.63, 3.8) is 0 Å². The van der Waals surface area contributed by atoms with Gasteiger partial charge in [0.1, 0.15) is 16.4 Å². The fourth-order valence-electron chi connectivity index (χ4n) is 3.57. The second-order valence-electron chi connectivity index (χ2n) is 9.03. The summed E-state index contributed by atoms with van der Waals surface area (Å²) in [5, 5.41) is 13.7. The molecule has 216 valence electrons. The molecule has 0 aliphatic carbocycles. The quantitative estimate of drug-likeness (QED) is 0.117. The van der Waals surface area contributed by atoms with Crippen molar-refractivity contribution in [2.75, 3.05) is 18.2 Å². The van der Waals surface area contributed by atoms with Crippen LogP contribution in [0, 0.1) is 25.7 Å². The molecule has 41 heavy (non-hydrogen) atoms. The number of carbonyl (C=O) groups excluding carboxylic acids is 1. The predicted octanol–water partition coefficient (Wildman–Crippen LogP) is 6.75. The average Bonchev–Trinajstić information content (AvgIpc) is 2.94. The van der Waals surface area contributed by atoms with Gasteiger partial charge in [-0.25, -0.2) is 0 Å². The van der Waals surface area contributed by atoms with Crippen LogP contribution in [-0.2, 0) is 10.1 Å². The highest BCUT2D eigenvalue weighted by atomic mass is 32.2. The van der Waals surface area contributed by atoms with Gasteiger partial charge in [0.25, 0.3) is 16.0 Å². The molecule has 0 aromatic heterocycles. The summed E-state index contributed by atoms with van der Waals surface area (Å²) in [6.45, 7) is 7.45. The molecule has 8 nitrogen and oxygen atoms in total. The van der Waals surface area contributed by atoms with Crippen molar-refractivity contribution in [1.29, 1.82) is 0 Å². The number of benzene rings is 4. The zero-order chi connectivity index (χ0) is 30.6. The van der Waals surface area contributed by atoms with Crippen LogP contribution in [0.15, 0.2) is 77.7 Å². The molecule has 0 aliphatic rings. The second kappa shape index (κ2) is 15.3. The third-order valence-electron chi connectivity index (χ3n) is 5.84. The van der Waals surface area contributed by atoms with Gasteiger partial charge in [-0.1, -0.05) is 24.6 Å². The molecule has 0 atom stereocenters. The number of rotatable bonds is 5. The molecule has 0 spiro atoms. The summed E-state index contributed by atoms with van der Waals surface area (Å²) in [5.41, 5.74) is 8.26. The molecule has 0 unspecified atom stereocenters. The van der Waals surface area contributed by atoms with Gasteiger partial charge >= 0.3 is 0 Å². The second-order valence-corrected chi connectivity index (χ2v) is 10.4. The summed E-state index contributed by atoms with van der Waals surface area (Å²) in [6.07, 6.45) is 2.23. The number of nitrogen functional groups attached to an aromatic ring is 1. The molecular weight excluding hydrogens is 540 g/mol. The number of ether oxygens (including phenoxy) is 1. The zero-order valence-corrected chi connectivity index (χ0v) is 24.7. The van der Waals surface area contributed by atoms with Gasteiger partial charge in [-0.15, -0.1) is 11.8 Å². The van der Waals surface area contributed by atoms with Crippen molar-refractivity contribution in [2.45, 2.75) is 45.4 Å². The van der Waals surface area contributed by atoms with Crippen LogP contribution in [0.3, 0.4) is 0 Å². The molecule has 4 rings (SSSR count). The molecule has 4 aromatic carbocycles. The Balaban J connectivity index is 0.000000321. The first-order valence-electron chi connectivity index (χ1n) is 12.8. The summed E-state index contributed by atoms with van der Waals surface area (Å²) in [4.78, 5) is 11.9. The molecular formula is C32H36N2O6S. The van der Waals surface area contributed by atoms with E-state index < -0.39 is 10.1 Å². The van der Waals surface area contributed by atoms with Crippen molar-refractivity contribution in [2.24, 2.45) is 0 Å². The molecule has 5 N–H and O–H groups in total. The van der Waals surface area contributed by atoms with E-state index in [4.69, 9.17) is 10.5 Å². The topological polar surface area (TPSA) is 139 Å². The van der Waals surface area contributed by atoms with Crippen LogP contribution in [0.1, 0.15) is 48.2 Å². The number of phenols is 1. The van der Waals surface area contributed by atoms with E-state index in [9.17, 15) is 22.9 Å². The fourth-order valence-corrected chi connectivity index (χ4v) is 4.33. The third kappa shape index (κ3) is 9.87. The van der Waals surface area contributed by atoms with Gasteiger partial charge in [0.15, 0.2) is 0 Å². The Hall–Kier alpha value is -4.52. The average molecular weight is 577 g/mol. The van der Waals surface area contributed by atoms with Crippen molar-refractivity contribution >= 4 is 38.2 Å². The van der Waals surface area contributed by atoms with Gasteiger partial charge in [0, 0.05) is 34.3 Å². The van der Waals surface area contributed by atoms with Gasteiger partial charge in [-0.3, -0.25) is 9.35 Å². The highest BCUT2D eigenvalue weighted by Crippen LogP contribution is 2.34. The number of aromatic hydroxyl groups is 1. The largest absolute Gasteiger partial charge is 0.507 e. The first-order valence-corrected chi connectivity index (χ1v) is 14.3. The van der Waals surface area contributed by atoms with Crippen molar-refractivity contribution in [3.8, 4) is 23.3 Å². The summed E-state index contributed by atoms with van der Waals surface area (Å²) >= 11 is 0. The Morgan fingerprint density at radius 2 is 1.63 bits per heavy atom. The Bertz CT molecular complexity index is 1640. The number of hydrogen-bond donors (Lipinski definition) is 4. The maximum absolute atomic E-state index is 12.3. The van der Waals surface area contributed by atoms with Gasteiger partial charge in [0.2, 0.25) is 0 Å². The normalized spacial score (nSPS) is 10.2. The maximum Gasteiger partial charge on any atom is 0.294 e. The number of nitrogens with one attached hydrogen (secondary N) is 1. The van der Waals surface area contributed by atoms with Crippen LogP contribution in [0.5, 0.6) is 11.5 Å². The molecule has 1 amide bonds. The number of phenolic OH excluding ortho intramolecular Hbond substituents is 1. The lowest BCUT2D eigenvalue weighted by atomic mass is 10.0. The lowest BCUT2D eigenvalue weighted by molar-refractivity contribution is 0.102. The van der Waals surface area contributed by atoms with Crippen molar-refractivity contribution in [3.05, 3.63) is 89.5 Å². The Morgan fingerprint density at radius 3 is 2.15 bits per heavy atom. The molecule has 0 heterocycles. The number of methoxy groups -OCH3 is 1. The Morgan fingerprint density at radius 1 is 1.00 bits per heavy atom. The number of unbranched alkanes of at least 4 members (excludes halogenated alkanes) is 1. The van der Waals surface area contributed by atoms with Crippen molar-refractivity contribution < 1.29 is 27.6 Å². The minimum atomic E-state index is -4.49. The molecule has 0 saturated heterocycles. The monoisotopic (exact) mass is 576 g/mol. The number of anilines is 2. The van der Waals surface area contributed by atoms with E-state index in [1.54, 1.807) is 43.5 Å². The summed E-state index contributed by atoms with van der Waals surface area (Å²) in [7, 11) is -2.82. The number of nitrogens with two attached hydrogens (primary N) is 1. The highest BCUT2D eigenvalue weighted by Gasteiger charge is 2.19. The van der Waals surface area contributed by atoms with E-state index in [1.807, 2.05) is 31.2 Å². The number of carbonyl (C=O) groups is 1. The van der Waals surface area contributed by atoms with Crippen LogP contribution < -0.4 is 15.8 Å². The lowest BCUT2D eigenvalue weighted by Gasteiger charge is -2.11. The summed E-state index contributed by atoms with van der Waals surface area (Å²) < 4.78 is 37.3. The van der Waals surface area contributed by atoms with E-state index in [1.165, 1.54) is 31.0 Å². The van der Waals surface area contributed by atoms with Gasteiger partial charge < -0.3 is 20.9 Å². The first kappa shape index (κ1) is 32.7. The fraction of sp³-hybridized carbons (Fsp3) is 0.219. The van der Waals surface area contributed by atoms with Gasteiger partial charge in [-0.05, 0) is 93.2 Å². The molecule has 0 aliphatic heterocycles. The number of amides is 1. The summed E-state index contributed by atoms with van der Waals surface area (Å²) in [5.74, 6) is 6.07. The molecule has 0 radical (unpaired) electrons. The van der Waals surface area contributed by atoms with Gasteiger partial charge in [0.05, 0.1) is 7.11 Å². The highest BCUT2D eigenvalue weighted by molar-refractivity contribution is 7.85. The molecule has 9 heteroatoms. The number of fused-ring (bicyclic) bond motifs is 1. The van der Waals surface area contributed by atoms with E-state index in [0.29, 0.717) is 27.7 Å². The van der Waals surface area contributed by atoms with E-state index in [2.05, 4.69) is 31.0 Å². The molecule has 4 aromatic rings. The lowest BCUT2D eigenvalue weighted by Crippen LogP contribution is -2.11. The first-order chi connectivity index (χ1) is 19.4. The minimum absolute atomic E-state index is 0.0543. The van der Waals surface area contributed by atoms with Crippen LogP contribution in [-0.4, -0.2) is 31.1 Å². The molecule has 0 fully saturated rings. The van der Waals surface area contributed by atoms with Crippen LogP contribution in [0.2, 0.25) is 0 Å². The maximum atomic E-state index is 12.3. The summed E-state index contributed by atoms with van der Waals surface area (Å²) in [6, 6.07) is 20.2. The SMILES string of the molecule is CC#CCCC.COc1ccc(C)cc1.Cc1c(S(=O)(=O)O)cc2cc(NC(=O)c3ccc(N)cc3)ccc2c1O. The Kier molecular flexibility index (Phi) is 12.2. The predicted molar refractivity (Wildman–Crippen MR) is 165 cm³/mol. The molecule has 0 bridgehead atoms. The van der Waals surface area contributed by atoms with Crippen LogP contribution >= 0.6 is 0 Å². The van der Waals surface area contributed by atoms with E-state index in [-0.39, 0.29) is 22.1 Å². The van der Waals surface area contributed by atoms with E-state index in [0.717, 1.165) is 12.2 Å². The number of aryl methyl sites for hydroxylation is 1. The minimum Gasteiger partial charge on any atom is -0.507 e. The zero-order valence-electron chi connectivity index (χ0n) is 23.9. The number of hydrogen-bond acceptors (Lipinski definition) is 6. The molecule has 0 saturated carbocycles. The van der Waals surface area contributed by atoms with Crippen molar-refractivity contribution in [1.82, 2.24) is 0 Å². The van der Waals surface area contributed by atoms with Crippen LogP contribution in [0.25, 0.3) is 10.8 Å². The Labute approximate surface area is 241 Å². The standard InChI is InChI=1S/C18H16N2O5S.C8H10O.C6H10/c1-10-16(26(23,24)25)9-12-8-14(6-7-15(12)17(10)21)20-18(22)11-2-4-13(19)5-3-11;1-7-3-5-8(9-2)6-4-7;1-3-5-6-4-2/h2-9,21H,19H2,1H3,(H,20,22)(H,23,24,25);3-6H,1-2H3;3,5H2,1-2H3. The van der Waals surface area contributed by atoms with E-state index >= 15 is 0 Å². The third-order valence-corrected chi connectivity index (χ3v) is 6.82. The van der Waals surface area contributed by atoms with Gasteiger partial charge in [-0.2, -0.15) is 8.42 Å².